The first kappa shape index (κ1) is 18.3. The van der Waals surface area contributed by atoms with Crippen molar-refractivity contribution in [3.8, 4) is 45.3 Å². The molecule has 0 N–H and O–H groups in total. The van der Waals surface area contributed by atoms with Gasteiger partial charge in [0.05, 0.1) is 0 Å². The summed E-state index contributed by atoms with van der Waals surface area (Å²) in [5, 5.41) is 0. The van der Waals surface area contributed by atoms with Crippen LogP contribution >= 0.6 is 0 Å². The molecular formula is C30H19BO2. The minimum atomic E-state index is 0.0668. The SMILES string of the molecule is c1ccc(-c2ccc3c(c2)Oc2cccc4c2B3c2cc(-c3ccccc3)ccc2O4)cc1. The molecule has 2 heterocycles. The lowest BCUT2D eigenvalue weighted by molar-refractivity contribution is 0.464. The molecule has 3 heteroatoms. The lowest BCUT2D eigenvalue weighted by Gasteiger charge is -2.33. The van der Waals surface area contributed by atoms with Crippen molar-refractivity contribution in [2.45, 2.75) is 0 Å². The van der Waals surface area contributed by atoms with Gasteiger partial charge in [0.15, 0.2) is 0 Å². The number of hydrogen-bond donors (Lipinski definition) is 0. The Balaban J connectivity index is 1.43. The van der Waals surface area contributed by atoms with Gasteiger partial charge in [0, 0.05) is 5.46 Å². The molecule has 0 bridgehead atoms. The molecule has 154 valence electrons. The molecule has 0 atom stereocenters. The number of ether oxygens (including phenoxy) is 2. The molecule has 5 aromatic rings. The highest BCUT2D eigenvalue weighted by Gasteiger charge is 2.40. The highest BCUT2D eigenvalue weighted by atomic mass is 16.5. The maximum Gasteiger partial charge on any atom is 0.260 e. The Morgan fingerprint density at radius 2 is 1.00 bits per heavy atom. The van der Waals surface area contributed by atoms with Crippen molar-refractivity contribution < 1.29 is 9.47 Å². The summed E-state index contributed by atoms with van der Waals surface area (Å²) in [4.78, 5) is 0. The van der Waals surface area contributed by atoms with E-state index in [1.807, 2.05) is 30.3 Å². The van der Waals surface area contributed by atoms with Crippen molar-refractivity contribution in [2.75, 3.05) is 0 Å². The maximum atomic E-state index is 6.44. The van der Waals surface area contributed by atoms with Crippen LogP contribution < -0.4 is 25.9 Å². The summed E-state index contributed by atoms with van der Waals surface area (Å²) in [5.41, 5.74) is 8.17. The largest absolute Gasteiger partial charge is 0.458 e. The predicted octanol–water partition coefficient (Wildman–Crippen LogP) is 5.75. The van der Waals surface area contributed by atoms with Crippen molar-refractivity contribution in [1.82, 2.24) is 0 Å². The molecule has 0 radical (unpaired) electrons. The van der Waals surface area contributed by atoms with Crippen LogP contribution in [0.15, 0.2) is 115 Å². The fourth-order valence-corrected chi connectivity index (χ4v) is 5.05. The lowest BCUT2D eigenvalue weighted by Crippen LogP contribution is -2.57. The van der Waals surface area contributed by atoms with Crippen LogP contribution in [0.1, 0.15) is 0 Å². The number of fused-ring (bicyclic) bond motifs is 4. The smallest absolute Gasteiger partial charge is 0.260 e. The Morgan fingerprint density at radius 1 is 0.394 bits per heavy atom. The van der Waals surface area contributed by atoms with E-state index in [9.17, 15) is 0 Å². The fourth-order valence-electron chi connectivity index (χ4n) is 5.05. The highest BCUT2D eigenvalue weighted by molar-refractivity contribution is 6.98. The summed E-state index contributed by atoms with van der Waals surface area (Å²) >= 11 is 0. The van der Waals surface area contributed by atoms with E-state index < -0.39 is 0 Å². The summed E-state index contributed by atoms with van der Waals surface area (Å²) in [6.45, 7) is 0.0668. The molecule has 0 saturated carbocycles. The molecule has 0 aromatic heterocycles. The Morgan fingerprint density at radius 3 is 1.70 bits per heavy atom. The summed E-state index contributed by atoms with van der Waals surface area (Å²) < 4.78 is 12.8. The molecule has 0 saturated heterocycles. The third-order valence-electron chi connectivity index (χ3n) is 6.61. The van der Waals surface area contributed by atoms with E-state index in [0.717, 1.165) is 34.0 Å². The highest BCUT2D eigenvalue weighted by Crippen LogP contribution is 2.36. The normalized spacial score (nSPS) is 12.7. The molecule has 2 aliphatic rings. The third-order valence-corrected chi connectivity index (χ3v) is 6.61. The summed E-state index contributed by atoms with van der Waals surface area (Å²) in [7, 11) is 0. The molecular weight excluding hydrogens is 403 g/mol. The zero-order valence-electron chi connectivity index (χ0n) is 17.9. The van der Waals surface area contributed by atoms with Crippen LogP contribution in [-0.2, 0) is 0 Å². The van der Waals surface area contributed by atoms with Gasteiger partial charge in [-0.05, 0) is 57.4 Å². The number of benzene rings is 5. The molecule has 0 fully saturated rings. The number of rotatable bonds is 2. The summed E-state index contributed by atoms with van der Waals surface area (Å²) in [6, 6.07) is 40.1. The average Bonchev–Trinajstić information content (AvgIpc) is 2.89. The molecule has 2 aliphatic heterocycles. The second-order valence-electron chi connectivity index (χ2n) is 8.54. The van der Waals surface area contributed by atoms with Gasteiger partial charge in [0.1, 0.15) is 23.0 Å². The topological polar surface area (TPSA) is 18.5 Å². The zero-order valence-corrected chi connectivity index (χ0v) is 17.9. The van der Waals surface area contributed by atoms with Crippen LogP contribution in [-0.4, -0.2) is 6.71 Å². The van der Waals surface area contributed by atoms with Crippen molar-refractivity contribution in [1.29, 1.82) is 0 Å². The molecule has 7 rings (SSSR count). The predicted molar refractivity (Wildman–Crippen MR) is 135 cm³/mol. The second-order valence-corrected chi connectivity index (χ2v) is 8.54. The van der Waals surface area contributed by atoms with Gasteiger partial charge in [0.2, 0.25) is 0 Å². The Hall–Kier alpha value is -4.24. The average molecular weight is 422 g/mol. The quantitative estimate of drug-likeness (QED) is 0.331. The van der Waals surface area contributed by atoms with Gasteiger partial charge in [-0.15, -0.1) is 0 Å². The Bertz CT molecular complexity index is 1510. The van der Waals surface area contributed by atoms with Crippen LogP contribution in [0.5, 0.6) is 23.0 Å². The van der Waals surface area contributed by atoms with Crippen LogP contribution in [0.25, 0.3) is 22.3 Å². The van der Waals surface area contributed by atoms with E-state index in [1.165, 1.54) is 27.6 Å². The molecule has 0 amide bonds. The van der Waals surface area contributed by atoms with E-state index in [4.69, 9.17) is 9.47 Å². The molecule has 2 nitrogen and oxygen atoms in total. The fraction of sp³-hybridized carbons (Fsp3) is 0. The summed E-state index contributed by atoms with van der Waals surface area (Å²) in [6.07, 6.45) is 0. The maximum absolute atomic E-state index is 6.44. The van der Waals surface area contributed by atoms with E-state index in [1.54, 1.807) is 0 Å². The van der Waals surface area contributed by atoms with Gasteiger partial charge in [0.25, 0.3) is 6.71 Å². The first-order chi connectivity index (χ1) is 16.3. The second kappa shape index (κ2) is 7.14. The number of hydrogen-bond acceptors (Lipinski definition) is 2. The first-order valence-electron chi connectivity index (χ1n) is 11.2. The van der Waals surface area contributed by atoms with Gasteiger partial charge in [-0.25, -0.2) is 0 Å². The van der Waals surface area contributed by atoms with Gasteiger partial charge >= 0.3 is 0 Å². The standard InChI is InChI=1S/C30H19BO2/c1-3-8-20(9-4-1)22-15-17-26-25(18-22)31-24-16-14-23(21-10-5-2-6-11-21)19-29(24)33-28-13-7-12-27(32-26)30(28)31/h1-19H. The van der Waals surface area contributed by atoms with Crippen LogP contribution in [0.4, 0.5) is 0 Å². The van der Waals surface area contributed by atoms with E-state index in [2.05, 4.69) is 84.9 Å². The minimum absolute atomic E-state index is 0.0668. The Labute approximate surface area is 193 Å². The van der Waals surface area contributed by atoms with E-state index in [0.29, 0.717) is 0 Å². The van der Waals surface area contributed by atoms with Gasteiger partial charge < -0.3 is 9.47 Å². The van der Waals surface area contributed by atoms with Crippen LogP contribution in [0.3, 0.4) is 0 Å². The molecule has 33 heavy (non-hydrogen) atoms. The van der Waals surface area contributed by atoms with Crippen LogP contribution in [0.2, 0.25) is 0 Å². The lowest BCUT2D eigenvalue weighted by atomic mass is 9.34. The molecule has 0 unspecified atom stereocenters. The van der Waals surface area contributed by atoms with Crippen molar-refractivity contribution in [3.63, 3.8) is 0 Å². The van der Waals surface area contributed by atoms with E-state index in [-0.39, 0.29) is 6.71 Å². The Kier molecular flexibility index (Phi) is 3.97. The molecule has 5 aromatic carbocycles. The third kappa shape index (κ3) is 2.90. The van der Waals surface area contributed by atoms with Gasteiger partial charge in [-0.2, -0.15) is 0 Å². The molecule has 0 aliphatic carbocycles. The first-order valence-corrected chi connectivity index (χ1v) is 11.2. The summed E-state index contributed by atoms with van der Waals surface area (Å²) in [5.74, 6) is 3.55. The van der Waals surface area contributed by atoms with Crippen molar-refractivity contribution in [2.24, 2.45) is 0 Å². The van der Waals surface area contributed by atoms with Gasteiger partial charge in [-0.3, -0.25) is 0 Å². The van der Waals surface area contributed by atoms with Crippen LogP contribution in [0, 0.1) is 0 Å². The molecule has 0 spiro atoms. The van der Waals surface area contributed by atoms with E-state index >= 15 is 0 Å². The van der Waals surface area contributed by atoms with Crippen molar-refractivity contribution >= 4 is 23.1 Å². The van der Waals surface area contributed by atoms with Gasteiger partial charge in [-0.1, -0.05) is 91.0 Å². The zero-order chi connectivity index (χ0) is 21.8. The monoisotopic (exact) mass is 422 g/mol. The van der Waals surface area contributed by atoms with Crippen molar-refractivity contribution in [3.05, 3.63) is 115 Å². The minimum Gasteiger partial charge on any atom is -0.458 e.